The Labute approximate surface area is 77.5 Å². The molecule has 5 nitrogen and oxygen atoms in total. The lowest BCUT2D eigenvalue weighted by Crippen LogP contribution is -2.28. The Morgan fingerprint density at radius 2 is 2.23 bits per heavy atom. The van der Waals surface area contributed by atoms with Crippen molar-refractivity contribution in [3.05, 3.63) is 0 Å². The molecule has 76 valence electrons. The molecule has 0 bridgehead atoms. The topological polar surface area (TPSA) is 63.7 Å². The minimum atomic E-state index is -3.05. The van der Waals surface area contributed by atoms with Crippen LogP contribution in [-0.2, 0) is 19.5 Å². The predicted molar refractivity (Wildman–Crippen MR) is 46.6 cm³/mol. The molecule has 0 aromatic rings. The Morgan fingerprint density at radius 3 is 2.69 bits per heavy atom. The van der Waals surface area contributed by atoms with Gasteiger partial charge in [-0.05, 0) is 6.42 Å². The molecule has 0 saturated carbocycles. The first-order valence-corrected chi connectivity index (χ1v) is 6.16. The van der Waals surface area contributed by atoms with Gasteiger partial charge >= 0.3 is 0 Å². The first kappa shape index (κ1) is 10.5. The van der Waals surface area contributed by atoms with Crippen LogP contribution in [0.5, 0.6) is 0 Å². The molecule has 1 fully saturated rings. The largest absolute Gasteiger partial charge is 0.273 e. The summed E-state index contributed by atoms with van der Waals surface area (Å²) in [5.41, 5.74) is 0. The van der Waals surface area contributed by atoms with Gasteiger partial charge in [-0.3, -0.25) is 9.63 Å². The number of carbonyl (C=O) groups is 1. The SMILES string of the molecule is CS(=O)(=O)CCC(=O)N1CCCO1. The number of rotatable bonds is 3. The molecule has 1 saturated heterocycles. The van der Waals surface area contributed by atoms with Gasteiger partial charge in [0.25, 0.3) is 0 Å². The molecule has 1 aliphatic rings. The lowest BCUT2D eigenvalue weighted by molar-refractivity contribution is -0.168. The van der Waals surface area contributed by atoms with E-state index in [-0.39, 0.29) is 18.1 Å². The highest BCUT2D eigenvalue weighted by atomic mass is 32.2. The molecule has 0 aliphatic carbocycles. The zero-order chi connectivity index (χ0) is 9.90. The fourth-order valence-corrected chi connectivity index (χ4v) is 1.59. The molecular weight excluding hydrogens is 194 g/mol. The first-order valence-electron chi connectivity index (χ1n) is 4.10. The molecule has 1 aliphatic heterocycles. The molecule has 0 N–H and O–H groups in total. The monoisotopic (exact) mass is 207 g/mol. The number of carbonyl (C=O) groups excluding carboxylic acids is 1. The molecule has 0 spiro atoms. The van der Waals surface area contributed by atoms with Crippen LogP contribution in [0.1, 0.15) is 12.8 Å². The summed E-state index contributed by atoms with van der Waals surface area (Å²) in [7, 11) is -3.05. The molecule has 0 radical (unpaired) electrons. The van der Waals surface area contributed by atoms with Gasteiger partial charge in [-0.15, -0.1) is 0 Å². The highest BCUT2D eigenvalue weighted by molar-refractivity contribution is 7.90. The van der Waals surface area contributed by atoms with Crippen molar-refractivity contribution in [3.63, 3.8) is 0 Å². The van der Waals surface area contributed by atoms with Crippen molar-refractivity contribution in [2.24, 2.45) is 0 Å². The number of amides is 1. The number of hydroxylamine groups is 2. The smallest absolute Gasteiger partial charge is 0.247 e. The van der Waals surface area contributed by atoms with Gasteiger partial charge in [0.05, 0.1) is 18.9 Å². The Bertz CT molecular complexity index is 279. The molecule has 0 aromatic heterocycles. The van der Waals surface area contributed by atoms with Gasteiger partial charge in [-0.25, -0.2) is 13.5 Å². The summed E-state index contributed by atoms with van der Waals surface area (Å²) in [5, 5.41) is 1.24. The molecule has 1 heterocycles. The minimum absolute atomic E-state index is 0.0127. The van der Waals surface area contributed by atoms with Crippen molar-refractivity contribution < 1.29 is 18.0 Å². The average molecular weight is 207 g/mol. The summed E-state index contributed by atoms with van der Waals surface area (Å²) in [6.45, 7) is 1.12. The van der Waals surface area contributed by atoms with E-state index >= 15 is 0 Å². The number of nitrogens with zero attached hydrogens (tertiary/aromatic N) is 1. The number of sulfone groups is 1. The van der Waals surface area contributed by atoms with Gasteiger partial charge in [0.2, 0.25) is 5.91 Å². The second kappa shape index (κ2) is 4.06. The van der Waals surface area contributed by atoms with Crippen LogP contribution in [0.25, 0.3) is 0 Å². The zero-order valence-electron chi connectivity index (χ0n) is 7.52. The summed E-state index contributed by atoms with van der Waals surface area (Å²) in [6.07, 6.45) is 1.95. The molecule has 0 atom stereocenters. The Balaban J connectivity index is 2.33. The number of hydrogen-bond acceptors (Lipinski definition) is 4. The van der Waals surface area contributed by atoms with Crippen LogP contribution in [0.15, 0.2) is 0 Å². The fraction of sp³-hybridized carbons (Fsp3) is 0.857. The molecule has 0 aromatic carbocycles. The van der Waals surface area contributed by atoms with Crippen molar-refractivity contribution >= 4 is 15.7 Å². The summed E-state index contributed by atoms with van der Waals surface area (Å²) in [4.78, 5) is 16.2. The molecule has 0 unspecified atom stereocenters. The fourth-order valence-electron chi connectivity index (χ4n) is 1.04. The van der Waals surface area contributed by atoms with Gasteiger partial charge in [0, 0.05) is 12.7 Å². The van der Waals surface area contributed by atoms with Crippen LogP contribution in [0.3, 0.4) is 0 Å². The normalized spacial score (nSPS) is 17.8. The van der Waals surface area contributed by atoms with Gasteiger partial charge in [0.15, 0.2) is 0 Å². The summed E-state index contributed by atoms with van der Waals surface area (Å²) < 4.78 is 21.5. The maximum atomic E-state index is 11.2. The second-order valence-electron chi connectivity index (χ2n) is 3.06. The molecular formula is C7H13NO4S. The highest BCUT2D eigenvalue weighted by Crippen LogP contribution is 2.06. The summed E-state index contributed by atoms with van der Waals surface area (Å²) >= 11 is 0. The third-order valence-electron chi connectivity index (χ3n) is 1.72. The van der Waals surface area contributed by atoms with Crippen LogP contribution in [0, 0.1) is 0 Å². The van der Waals surface area contributed by atoms with E-state index in [4.69, 9.17) is 4.84 Å². The molecule has 1 rings (SSSR count). The van der Waals surface area contributed by atoms with Crippen molar-refractivity contribution in [2.45, 2.75) is 12.8 Å². The lowest BCUT2D eigenvalue weighted by atomic mass is 10.4. The quantitative estimate of drug-likeness (QED) is 0.631. The summed E-state index contributed by atoms with van der Waals surface area (Å²) in [5.74, 6) is -0.353. The average Bonchev–Trinajstić information content (AvgIpc) is 2.50. The van der Waals surface area contributed by atoms with Crippen LogP contribution >= 0.6 is 0 Å². The minimum Gasteiger partial charge on any atom is -0.273 e. The van der Waals surface area contributed by atoms with E-state index in [0.717, 1.165) is 12.7 Å². The first-order chi connectivity index (χ1) is 5.99. The Hall–Kier alpha value is -0.620. The second-order valence-corrected chi connectivity index (χ2v) is 5.32. The van der Waals surface area contributed by atoms with E-state index in [1.54, 1.807) is 0 Å². The zero-order valence-corrected chi connectivity index (χ0v) is 8.34. The third-order valence-corrected chi connectivity index (χ3v) is 2.66. The predicted octanol–water partition coefficient (Wildman–Crippen LogP) is -0.415. The van der Waals surface area contributed by atoms with Gasteiger partial charge in [-0.2, -0.15) is 0 Å². The van der Waals surface area contributed by atoms with E-state index in [1.165, 1.54) is 5.06 Å². The molecule has 13 heavy (non-hydrogen) atoms. The van der Waals surface area contributed by atoms with E-state index in [2.05, 4.69) is 0 Å². The summed E-state index contributed by atoms with van der Waals surface area (Å²) in [6, 6.07) is 0. The van der Waals surface area contributed by atoms with Crippen LogP contribution in [0.2, 0.25) is 0 Å². The molecule has 1 amide bonds. The van der Waals surface area contributed by atoms with E-state index in [1.807, 2.05) is 0 Å². The Morgan fingerprint density at radius 1 is 1.54 bits per heavy atom. The van der Waals surface area contributed by atoms with Crippen LogP contribution in [-0.4, -0.2) is 44.5 Å². The lowest BCUT2D eigenvalue weighted by Gasteiger charge is -2.12. The molecule has 6 heteroatoms. The van der Waals surface area contributed by atoms with Crippen LogP contribution < -0.4 is 0 Å². The van der Waals surface area contributed by atoms with E-state index < -0.39 is 9.84 Å². The van der Waals surface area contributed by atoms with Crippen molar-refractivity contribution in [3.8, 4) is 0 Å². The van der Waals surface area contributed by atoms with Crippen molar-refractivity contribution in [1.29, 1.82) is 0 Å². The highest BCUT2D eigenvalue weighted by Gasteiger charge is 2.20. The Kier molecular flexibility index (Phi) is 3.27. The van der Waals surface area contributed by atoms with Gasteiger partial charge in [-0.1, -0.05) is 0 Å². The standard InChI is InChI=1S/C7H13NO4S/c1-13(10,11)6-3-7(9)8-4-2-5-12-8/h2-6H2,1H3. The van der Waals surface area contributed by atoms with Gasteiger partial charge in [0.1, 0.15) is 9.84 Å². The van der Waals surface area contributed by atoms with Gasteiger partial charge < -0.3 is 0 Å². The van der Waals surface area contributed by atoms with Crippen molar-refractivity contribution in [1.82, 2.24) is 5.06 Å². The van der Waals surface area contributed by atoms with Crippen LogP contribution in [0.4, 0.5) is 0 Å². The maximum Gasteiger partial charge on any atom is 0.247 e. The maximum absolute atomic E-state index is 11.2. The third kappa shape index (κ3) is 3.73. The van der Waals surface area contributed by atoms with Crippen molar-refractivity contribution in [2.75, 3.05) is 25.2 Å². The van der Waals surface area contributed by atoms with E-state index in [0.29, 0.717) is 13.2 Å². The van der Waals surface area contributed by atoms with E-state index in [9.17, 15) is 13.2 Å². The number of hydrogen-bond donors (Lipinski definition) is 0.